The predicted octanol–water partition coefficient (Wildman–Crippen LogP) is 1.66. The highest BCUT2D eigenvalue weighted by atomic mass is 16.5. The second kappa shape index (κ2) is 8.07. The van der Waals surface area contributed by atoms with E-state index in [0.29, 0.717) is 12.1 Å². The van der Waals surface area contributed by atoms with Crippen molar-refractivity contribution in [2.24, 2.45) is 0 Å². The zero-order chi connectivity index (χ0) is 20.2. The van der Waals surface area contributed by atoms with Gasteiger partial charge in [0.2, 0.25) is 5.95 Å². The highest BCUT2D eigenvalue weighted by molar-refractivity contribution is 5.88. The second-order valence-corrected chi connectivity index (χ2v) is 6.13. The van der Waals surface area contributed by atoms with Crippen LogP contribution in [0.4, 0.5) is 0 Å². The summed E-state index contributed by atoms with van der Waals surface area (Å²) in [4.78, 5) is 35.5. The van der Waals surface area contributed by atoms with E-state index in [-0.39, 0.29) is 36.1 Å². The summed E-state index contributed by atoms with van der Waals surface area (Å²) < 4.78 is 13.5. The Kier molecular flexibility index (Phi) is 5.16. The molecular weight excluding hydrogens is 376 g/mol. The van der Waals surface area contributed by atoms with Gasteiger partial charge in [0.15, 0.2) is 11.2 Å². The molecule has 0 bridgehead atoms. The number of ether oxygens (including phenoxy) is 2. The van der Waals surface area contributed by atoms with Gasteiger partial charge in [-0.15, -0.1) is 0 Å². The predicted molar refractivity (Wildman–Crippen MR) is 102 cm³/mol. The number of fused-ring (bicyclic) bond motifs is 1. The summed E-state index contributed by atoms with van der Waals surface area (Å²) in [6, 6.07) is 9.72. The summed E-state index contributed by atoms with van der Waals surface area (Å²) in [6.07, 6.45) is 4.27. The Labute approximate surface area is 164 Å². The number of carbonyl (C=O) groups excluding carboxylic acids is 1. The van der Waals surface area contributed by atoms with Crippen molar-refractivity contribution in [3.8, 4) is 5.95 Å². The van der Waals surface area contributed by atoms with Crippen LogP contribution in [0.1, 0.15) is 22.8 Å². The molecule has 0 fully saturated rings. The molecule has 4 aromatic rings. The molecule has 3 aromatic heterocycles. The van der Waals surface area contributed by atoms with Crippen LogP contribution in [0.15, 0.2) is 53.8 Å². The van der Waals surface area contributed by atoms with E-state index in [1.165, 1.54) is 23.4 Å². The molecule has 0 radical (unpaired) electrons. The Hall–Kier alpha value is -3.79. The van der Waals surface area contributed by atoms with Gasteiger partial charge in [0, 0.05) is 6.20 Å². The Morgan fingerprint density at radius 2 is 2.07 bits per heavy atom. The molecule has 0 saturated heterocycles. The van der Waals surface area contributed by atoms with Gasteiger partial charge in [-0.25, -0.2) is 14.5 Å². The van der Waals surface area contributed by atoms with Crippen molar-refractivity contribution < 1.29 is 14.3 Å². The SMILES string of the molecule is CCOC(=O)c1cnn(-c2nc3ncn(COCc4ccccc4)c3c(=O)[nH]2)c1. The standard InChI is InChI=1S/C19H18N6O4/c1-2-29-18(27)14-8-21-25(9-14)19-22-16-15(17(26)23-19)24(11-20-16)12-28-10-13-6-4-3-5-7-13/h3-9,11H,2,10,12H2,1H3,(H,22,23,26). The molecule has 0 aliphatic rings. The third kappa shape index (κ3) is 3.92. The van der Waals surface area contributed by atoms with Crippen LogP contribution < -0.4 is 5.56 Å². The first-order chi connectivity index (χ1) is 14.2. The lowest BCUT2D eigenvalue weighted by atomic mass is 10.2. The fraction of sp³-hybridized carbons (Fsp3) is 0.211. The average Bonchev–Trinajstić information content (AvgIpc) is 3.37. The molecule has 1 N–H and O–H groups in total. The molecule has 0 aliphatic carbocycles. The first-order valence-electron chi connectivity index (χ1n) is 8.94. The molecule has 148 valence electrons. The van der Waals surface area contributed by atoms with Gasteiger partial charge in [0.25, 0.3) is 5.56 Å². The lowest BCUT2D eigenvalue weighted by molar-refractivity contribution is 0.0526. The van der Waals surface area contributed by atoms with Crippen molar-refractivity contribution >= 4 is 17.1 Å². The number of carbonyl (C=O) groups is 1. The maximum Gasteiger partial charge on any atom is 0.341 e. The van der Waals surface area contributed by atoms with E-state index < -0.39 is 5.97 Å². The monoisotopic (exact) mass is 394 g/mol. The van der Waals surface area contributed by atoms with Crippen LogP contribution in [-0.4, -0.2) is 41.9 Å². The Bertz CT molecular complexity index is 1190. The van der Waals surface area contributed by atoms with Crippen LogP contribution in [0.5, 0.6) is 0 Å². The van der Waals surface area contributed by atoms with E-state index in [0.717, 1.165) is 5.56 Å². The van der Waals surface area contributed by atoms with Gasteiger partial charge >= 0.3 is 5.97 Å². The number of H-pyrrole nitrogens is 1. The van der Waals surface area contributed by atoms with E-state index in [9.17, 15) is 9.59 Å². The van der Waals surface area contributed by atoms with Gasteiger partial charge in [-0.05, 0) is 12.5 Å². The zero-order valence-corrected chi connectivity index (χ0v) is 15.6. The van der Waals surface area contributed by atoms with Crippen LogP contribution in [0.25, 0.3) is 17.1 Å². The van der Waals surface area contributed by atoms with Crippen molar-refractivity contribution in [3.05, 3.63) is 70.5 Å². The number of nitrogens with one attached hydrogen (secondary N) is 1. The fourth-order valence-corrected chi connectivity index (χ4v) is 2.78. The number of esters is 1. The highest BCUT2D eigenvalue weighted by Crippen LogP contribution is 2.10. The van der Waals surface area contributed by atoms with Crippen molar-refractivity contribution in [1.82, 2.24) is 29.3 Å². The Morgan fingerprint density at radius 3 is 2.86 bits per heavy atom. The van der Waals surface area contributed by atoms with E-state index in [4.69, 9.17) is 9.47 Å². The van der Waals surface area contributed by atoms with Gasteiger partial charge < -0.3 is 14.0 Å². The zero-order valence-electron chi connectivity index (χ0n) is 15.6. The summed E-state index contributed by atoms with van der Waals surface area (Å²) in [6.45, 7) is 2.54. The number of aromatic nitrogens is 6. The molecule has 0 saturated carbocycles. The molecule has 0 aliphatic heterocycles. The minimum absolute atomic E-state index is 0.147. The maximum atomic E-state index is 12.6. The van der Waals surface area contributed by atoms with Gasteiger partial charge in [-0.1, -0.05) is 30.3 Å². The molecule has 10 heteroatoms. The van der Waals surface area contributed by atoms with Crippen LogP contribution in [-0.2, 0) is 22.8 Å². The molecule has 1 aromatic carbocycles. The molecule has 4 rings (SSSR count). The normalized spacial score (nSPS) is 11.1. The molecule has 0 atom stereocenters. The summed E-state index contributed by atoms with van der Waals surface area (Å²) in [5.74, 6) is -0.351. The van der Waals surface area contributed by atoms with Crippen molar-refractivity contribution in [3.63, 3.8) is 0 Å². The lowest BCUT2D eigenvalue weighted by Gasteiger charge is -2.06. The molecule has 10 nitrogen and oxygen atoms in total. The van der Waals surface area contributed by atoms with Crippen molar-refractivity contribution in [2.45, 2.75) is 20.3 Å². The Morgan fingerprint density at radius 1 is 1.24 bits per heavy atom. The van der Waals surface area contributed by atoms with Gasteiger partial charge in [-0.2, -0.15) is 10.1 Å². The topological polar surface area (TPSA) is 117 Å². The number of aromatic amines is 1. The van der Waals surface area contributed by atoms with E-state index in [2.05, 4.69) is 20.1 Å². The summed E-state index contributed by atoms with van der Waals surface area (Å²) in [5.41, 5.74) is 1.44. The fourth-order valence-electron chi connectivity index (χ4n) is 2.78. The van der Waals surface area contributed by atoms with Gasteiger partial charge in [-0.3, -0.25) is 9.78 Å². The van der Waals surface area contributed by atoms with E-state index in [1.54, 1.807) is 11.5 Å². The number of hydrogen-bond acceptors (Lipinski definition) is 7. The summed E-state index contributed by atoms with van der Waals surface area (Å²) in [5, 5.41) is 4.05. The first kappa shape index (κ1) is 18.6. The first-order valence-corrected chi connectivity index (χ1v) is 8.94. The minimum Gasteiger partial charge on any atom is -0.462 e. The van der Waals surface area contributed by atoms with Crippen molar-refractivity contribution in [2.75, 3.05) is 6.61 Å². The second-order valence-electron chi connectivity index (χ2n) is 6.13. The van der Waals surface area contributed by atoms with Crippen LogP contribution in [0.2, 0.25) is 0 Å². The quantitative estimate of drug-likeness (QED) is 0.474. The van der Waals surface area contributed by atoms with Crippen molar-refractivity contribution in [1.29, 1.82) is 0 Å². The molecule has 0 unspecified atom stereocenters. The Balaban J connectivity index is 1.54. The molecular formula is C19H18N6O4. The van der Waals surface area contributed by atoms with E-state index >= 15 is 0 Å². The molecule has 0 amide bonds. The smallest absolute Gasteiger partial charge is 0.341 e. The molecule has 3 heterocycles. The highest BCUT2D eigenvalue weighted by Gasteiger charge is 2.15. The van der Waals surface area contributed by atoms with Crippen LogP contribution >= 0.6 is 0 Å². The number of rotatable bonds is 7. The van der Waals surface area contributed by atoms with E-state index in [1.807, 2.05) is 30.3 Å². The number of imidazole rings is 1. The number of hydrogen-bond donors (Lipinski definition) is 1. The lowest BCUT2D eigenvalue weighted by Crippen LogP contribution is -2.17. The number of nitrogens with zero attached hydrogens (tertiary/aromatic N) is 5. The summed E-state index contributed by atoms with van der Waals surface area (Å²) >= 11 is 0. The van der Waals surface area contributed by atoms with Crippen LogP contribution in [0.3, 0.4) is 0 Å². The van der Waals surface area contributed by atoms with Crippen LogP contribution in [0, 0.1) is 0 Å². The maximum absolute atomic E-state index is 12.6. The van der Waals surface area contributed by atoms with Gasteiger partial charge in [0.1, 0.15) is 6.73 Å². The minimum atomic E-state index is -0.498. The third-order valence-electron chi connectivity index (χ3n) is 4.12. The molecule has 0 spiro atoms. The largest absolute Gasteiger partial charge is 0.462 e. The third-order valence-corrected chi connectivity index (χ3v) is 4.12. The average molecular weight is 394 g/mol. The molecule has 29 heavy (non-hydrogen) atoms. The summed E-state index contributed by atoms with van der Waals surface area (Å²) in [7, 11) is 0. The number of benzene rings is 1. The van der Waals surface area contributed by atoms with Gasteiger partial charge in [0.05, 0.1) is 31.3 Å².